The van der Waals surface area contributed by atoms with E-state index in [-0.39, 0.29) is 5.75 Å². The van der Waals surface area contributed by atoms with E-state index in [0.29, 0.717) is 5.92 Å². The lowest BCUT2D eigenvalue weighted by molar-refractivity contribution is 0.474. The van der Waals surface area contributed by atoms with Crippen LogP contribution in [0, 0.1) is 0 Å². The van der Waals surface area contributed by atoms with Crippen molar-refractivity contribution in [3.05, 3.63) is 30.1 Å². The third-order valence-electron chi connectivity index (χ3n) is 2.99. The zero-order valence-electron chi connectivity index (χ0n) is 9.24. The number of phenolic OH excluding ortho intramolecular Hbond substituents is 1. The van der Waals surface area contributed by atoms with E-state index in [1.807, 2.05) is 6.07 Å². The molecule has 2 N–H and O–H groups in total. The van der Waals surface area contributed by atoms with Gasteiger partial charge in [-0.3, -0.25) is 0 Å². The van der Waals surface area contributed by atoms with Crippen LogP contribution in [0.15, 0.2) is 24.3 Å². The van der Waals surface area contributed by atoms with Crippen molar-refractivity contribution < 1.29 is 5.11 Å². The summed E-state index contributed by atoms with van der Waals surface area (Å²) >= 11 is 0. The lowest BCUT2D eigenvalue weighted by atomic mass is 10.1. The summed E-state index contributed by atoms with van der Waals surface area (Å²) in [5, 5.41) is 24.6. The van der Waals surface area contributed by atoms with E-state index < -0.39 is 0 Å². The van der Waals surface area contributed by atoms with Crippen LogP contribution in [0.5, 0.6) is 5.75 Å². The number of nitrogens with one attached hydrogen (secondary N) is 1. The fraction of sp³-hybridized carbons (Fsp3) is 0.364. The molecule has 1 fully saturated rings. The number of hydrogen-bond donors (Lipinski definition) is 2. The summed E-state index contributed by atoms with van der Waals surface area (Å²) in [6.07, 6.45) is 1.04. The standard InChI is InChI=1S/C11H13N5O/c17-10-3-1-2-9(6-10)16-11(13-14-15-16)8-4-5-12-7-8/h1-3,6,8,12,17H,4-5,7H2. The molecule has 0 spiro atoms. The van der Waals surface area contributed by atoms with Crippen LogP contribution in [-0.2, 0) is 0 Å². The van der Waals surface area contributed by atoms with Crippen molar-refractivity contribution in [2.45, 2.75) is 12.3 Å². The monoisotopic (exact) mass is 231 g/mol. The molecule has 0 amide bonds. The summed E-state index contributed by atoms with van der Waals surface area (Å²) < 4.78 is 1.69. The van der Waals surface area contributed by atoms with Crippen LogP contribution in [0.25, 0.3) is 5.69 Å². The molecule has 6 heteroatoms. The van der Waals surface area contributed by atoms with Gasteiger partial charge in [-0.05, 0) is 35.5 Å². The molecule has 17 heavy (non-hydrogen) atoms. The topological polar surface area (TPSA) is 75.9 Å². The maximum absolute atomic E-state index is 9.47. The highest BCUT2D eigenvalue weighted by Crippen LogP contribution is 2.23. The Hall–Kier alpha value is -1.95. The molecule has 6 nitrogen and oxygen atoms in total. The van der Waals surface area contributed by atoms with Gasteiger partial charge in [-0.2, -0.15) is 4.68 Å². The van der Waals surface area contributed by atoms with Crippen LogP contribution < -0.4 is 5.32 Å². The number of rotatable bonds is 2. The van der Waals surface area contributed by atoms with Crippen LogP contribution in [-0.4, -0.2) is 38.4 Å². The molecule has 3 rings (SSSR count). The van der Waals surface area contributed by atoms with Crippen molar-refractivity contribution >= 4 is 0 Å². The van der Waals surface area contributed by atoms with Crippen molar-refractivity contribution in [2.24, 2.45) is 0 Å². The van der Waals surface area contributed by atoms with Crippen LogP contribution in [0.1, 0.15) is 18.2 Å². The Morgan fingerprint density at radius 1 is 1.41 bits per heavy atom. The molecular weight excluding hydrogens is 218 g/mol. The van der Waals surface area contributed by atoms with Gasteiger partial charge in [0.05, 0.1) is 5.69 Å². The molecule has 2 aromatic rings. The largest absolute Gasteiger partial charge is 0.508 e. The van der Waals surface area contributed by atoms with Gasteiger partial charge >= 0.3 is 0 Å². The van der Waals surface area contributed by atoms with E-state index in [0.717, 1.165) is 31.0 Å². The molecule has 2 heterocycles. The Morgan fingerprint density at radius 3 is 3.12 bits per heavy atom. The number of tetrazole rings is 1. The average molecular weight is 231 g/mol. The second-order valence-corrected chi connectivity index (χ2v) is 4.16. The fourth-order valence-electron chi connectivity index (χ4n) is 2.13. The smallest absolute Gasteiger partial charge is 0.161 e. The van der Waals surface area contributed by atoms with Crippen LogP contribution in [0.2, 0.25) is 0 Å². The normalized spacial score (nSPS) is 19.6. The highest BCUT2D eigenvalue weighted by molar-refractivity contribution is 5.38. The molecule has 0 saturated carbocycles. The SMILES string of the molecule is Oc1cccc(-n2nnnc2C2CCNC2)c1. The highest BCUT2D eigenvalue weighted by atomic mass is 16.3. The number of aromatic hydroxyl groups is 1. The third kappa shape index (κ3) is 1.87. The zero-order chi connectivity index (χ0) is 11.7. The molecule has 88 valence electrons. The predicted octanol–water partition coefficient (Wildman–Crippen LogP) is 0.445. The summed E-state index contributed by atoms with van der Waals surface area (Å²) in [6.45, 7) is 1.90. The van der Waals surface area contributed by atoms with E-state index >= 15 is 0 Å². The quantitative estimate of drug-likeness (QED) is 0.784. The number of hydrogen-bond acceptors (Lipinski definition) is 5. The molecule has 0 radical (unpaired) electrons. The number of phenols is 1. The van der Waals surface area contributed by atoms with Crippen molar-refractivity contribution in [3.8, 4) is 11.4 Å². The van der Waals surface area contributed by atoms with Gasteiger partial charge in [-0.1, -0.05) is 6.07 Å². The summed E-state index contributed by atoms with van der Waals surface area (Å²) in [5.74, 6) is 1.40. The summed E-state index contributed by atoms with van der Waals surface area (Å²) in [5.41, 5.74) is 0.789. The number of benzene rings is 1. The van der Waals surface area contributed by atoms with Gasteiger partial charge in [0.2, 0.25) is 0 Å². The summed E-state index contributed by atoms with van der Waals surface area (Å²) in [4.78, 5) is 0. The predicted molar refractivity (Wildman–Crippen MR) is 61.0 cm³/mol. The second kappa shape index (κ2) is 4.14. The molecular formula is C11H13N5O. The molecule has 1 atom stereocenters. The third-order valence-corrected chi connectivity index (χ3v) is 2.99. The second-order valence-electron chi connectivity index (χ2n) is 4.16. The van der Waals surface area contributed by atoms with Gasteiger partial charge in [-0.25, -0.2) is 0 Å². The van der Waals surface area contributed by atoms with Gasteiger partial charge in [0.15, 0.2) is 5.82 Å². The van der Waals surface area contributed by atoms with Crippen LogP contribution >= 0.6 is 0 Å². The van der Waals surface area contributed by atoms with Gasteiger partial charge in [0.25, 0.3) is 0 Å². The molecule has 1 aliphatic rings. The highest BCUT2D eigenvalue weighted by Gasteiger charge is 2.23. The van der Waals surface area contributed by atoms with E-state index in [1.54, 1.807) is 22.9 Å². The van der Waals surface area contributed by atoms with Crippen molar-refractivity contribution in [1.29, 1.82) is 0 Å². The van der Waals surface area contributed by atoms with Gasteiger partial charge in [0, 0.05) is 18.5 Å². The first-order chi connectivity index (χ1) is 8.34. The summed E-state index contributed by atoms with van der Waals surface area (Å²) in [7, 11) is 0. The van der Waals surface area contributed by atoms with Gasteiger partial charge < -0.3 is 10.4 Å². The molecule has 0 aliphatic carbocycles. The Bertz CT molecular complexity index is 518. The minimum atomic E-state index is 0.216. The minimum absolute atomic E-state index is 0.216. The number of nitrogens with zero attached hydrogens (tertiary/aromatic N) is 4. The van der Waals surface area contributed by atoms with E-state index in [2.05, 4.69) is 20.8 Å². The average Bonchev–Trinajstić information content (AvgIpc) is 3.00. The molecule has 1 aromatic carbocycles. The van der Waals surface area contributed by atoms with Crippen molar-refractivity contribution in [2.75, 3.05) is 13.1 Å². The van der Waals surface area contributed by atoms with Crippen LogP contribution in [0.3, 0.4) is 0 Å². The minimum Gasteiger partial charge on any atom is -0.508 e. The number of aromatic nitrogens is 4. The lowest BCUT2D eigenvalue weighted by Crippen LogP contribution is -2.12. The first-order valence-electron chi connectivity index (χ1n) is 5.63. The Kier molecular flexibility index (Phi) is 2.49. The Labute approximate surface area is 98.3 Å². The fourth-order valence-corrected chi connectivity index (χ4v) is 2.13. The van der Waals surface area contributed by atoms with E-state index in [4.69, 9.17) is 0 Å². The molecule has 1 aliphatic heterocycles. The molecule has 1 saturated heterocycles. The summed E-state index contributed by atoms with van der Waals surface area (Å²) in [6, 6.07) is 6.94. The Balaban J connectivity index is 2.00. The maximum Gasteiger partial charge on any atom is 0.161 e. The lowest BCUT2D eigenvalue weighted by Gasteiger charge is -2.08. The zero-order valence-corrected chi connectivity index (χ0v) is 9.24. The Morgan fingerprint density at radius 2 is 2.35 bits per heavy atom. The van der Waals surface area contributed by atoms with Crippen molar-refractivity contribution in [1.82, 2.24) is 25.5 Å². The van der Waals surface area contributed by atoms with Gasteiger partial charge in [-0.15, -0.1) is 5.10 Å². The molecule has 0 bridgehead atoms. The van der Waals surface area contributed by atoms with Gasteiger partial charge in [0.1, 0.15) is 5.75 Å². The van der Waals surface area contributed by atoms with Crippen LogP contribution in [0.4, 0.5) is 0 Å². The maximum atomic E-state index is 9.47. The van der Waals surface area contributed by atoms with E-state index in [9.17, 15) is 5.11 Å². The first kappa shape index (κ1) is 10.2. The molecule has 1 unspecified atom stereocenters. The first-order valence-corrected chi connectivity index (χ1v) is 5.63. The van der Waals surface area contributed by atoms with Crippen molar-refractivity contribution in [3.63, 3.8) is 0 Å². The molecule has 1 aromatic heterocycles. The van der Waals surface area contributed by atoms with E-state index in [1.165, 1.54) is 0 Å².